The Labute approximate surface area is 125 Å². The number of hydrogen-bond donors (Lipinski definition) is 2. The molecule has 0 aliphatic carbocycles. The van der Waals surface area contributed by atoms with Gasteiger partial charge >= 0.3 is 0 Å². The fourth-order valence-electron chi connectivity index (χ4n) is 1.40. The molecule has 0 unspecified atom stereocenters. The van der Waals surface area contributed by atoms with E-state index in [1.807, 2.05) is 24.3 Å². The van der Waals surface area contributed by atoms with E-state index in [9.17, 15) is 0 Å². The van der Waals surface area contributed by atoms with Crippen molar-refractivity contribution in [2.75, 3.05) is 12.5 Å². The van der Waals surface area contributed by atoms with Gasteiger partial charge in [-0.2, -0.15) is 0 Å². The maximum absolute atomic E-state index is 6.11. The Hall–Kier alpha value is -1.14. The molecule has 0 aliphatic rings. The third-order valence-electron chi connectivity index (χ3n) is 2.29. The van der Waals surface area contributed by atoms with Crippen LogP contribution >= 0.6 is 35.0 Å². The fourth-order valence-corrected chi connectivity index (χ4v) is 2.77. The van der Waals surface area contributed by atoms with Crippen LogP contribution in [0.25, 0.3) is 0 Å². The molecule has 100 valence electrons. The number of nitrogens with zero attached hydrogens (tertiary/aromatic N) is 1. The summed E-state index contributed by atoms with van der Waals surface area (Å²) < 4.78 is 5.17. The highest BCUT2D eigenvalue weighted by molar-refractivity contribution is 7.99. The number of methoxy groups -OCH3 is 1. The van der Waals surface area contributed by atoms with Gasteiger partial charge in [0.15, 0.2) is 5.82 Å². The molecule has 1 heterocycles. The lowest BCUT2D eigenvalue weighted by molar-refractivity contribution is 0.413. The van der Waals surface area contributed by atoms with E-state index < -0.39 is 0 Å². The minimum absolute atomic E-state index is 0.377. The summed E-state index contributed by atoms with van der Waals surface area (Å²) in [5, 5.41) is 1.46. The first-order valence-corrected chi connectivity index (χ1v) is 6.86. The summed E-state index contributed by atoms with van der Waals surface area (Å²) in [6.45, 7) is 0. The van der Waals surface area contributed by atoms with Crippen LogP contribution in [0.5, 0.6) is 5.75 Å². The van der Waals surface area contributed by atoms with Crippen molar-refractivity contribution in [3.8, 4) is 5.75 Å². The Bertz CT molecular complexity index is 595. The predicted octanol–water partition coefficient (Wildman–Crippen LogP) is 3.83. The van der Waals surface area contributed by atoms with Gasteiger partial charge in [-0.25, -0.2) is 10.8 Å². The number of nitrogens with one attached hydrogen (secondary N) is 1. The van der Waals surface area contributed by atoms with Crippen LogP contribution in [0.3, 0.4) is 0 Å². The van der Waals surface area contributed by atoms with E-state index in [1.54, 1.807) is 13.2 Å². The number of nitrogen functional groups attached to an aromatic ring is 1. The second-order valence-corrected chi connectivity index (χ2v) is 5.41. The minimum atomic E-state index is 0.377. The van der Waals surface area contributed by atoms with Gasteiger partial charge in [0.1, 0.15) is 10.8 Å². The zero-order valence-electron chi connectivity index (χ0n) is 9.98. The summed E-state index contributed by atoms with van der Waals surface area (Å²) in [4.78, 5) is 5.22. The van der Waals surface area contributed by atoms with E-state index >= 15 is 0 Å². The number of nitrogens with two attached hydrogens (primary N) is 1. The molecule has 1 aromatic carbocycles. The number of aromatic nitrogens is 1. The van der Waals surface area contributed by atoms with Crippen molar-refractivity contribution >= 4 is 40.8 Å². The molecule has 3 N–H and O–H groups in total. The molecule has 0 amide bonds. The Morgan fingerprint density at radius 3 is 2.74 bits per heavy atom. The zero-order valence-corrected chi connectivity index (χ0v) is 12.3. The maximum Gasteiger partial charge on any atom is 0.160 e. The van der Waals surface area contributed by atoms with E-state index in [0.29, 0.717) is 20.9 Å². The molecule has 0 saturated heterocycles. The van der Waals surface area contributed by atoms with Crippen LogP contribution in [-0.2, 0) is 0 Å². The third kappa shape index (κ3) is 3.45. The SMILES string of the molecule is COc1cccc(Sc2nc(NN)c(Cl)cc2Cl)c1. The lowest BCUT2D eigenvalue weighted by Crippen LogP contribution is -2.09. The summed E-state index contributed by atoms with van der Waals surface area (Å²) in [6.07, 6.45) is 0. The Morgan fingerprint density at radius 2 is 2.05 bits per heavy atom. The lowest BCUT2D eigenvalue weighted by Gasteiger charge is -2.08. The van der Waals surface area contributed by atoms with E-state index in [-0.39, 0.29) is 0 Å². The van der Waals surface area contributed by atoms with Crippen molar-refractivity contribution in [1.82, 2.24) is 4.98 Å². The second kappa shape index (κ2) is 6.34. The molecule has 2 aromatic rings. The van der Waals surface area contributed by atoms with Crippen LogP contribution in [0.4, 0.5) is 5.82 Å². The molecule has 7 heteroatoms. The monoisotopic (exact) mass is 315 g/mol. The van der Waals surface area contributed by atoms with Gasteiger partial charge in [-0.05, 0) is 24.3 Å². The van der Waals surface area contributed by atoms with Gasteiger partial charge in [0, 0.05) is 4.90 Å². The topological polar surface area (TPSA) is 60.2 Å². The van der Waals surface area contributed by atoms with Crippen molar-refractivity contribution in [3.05, 3.63) is 40.4 Å². The molecule has 4 nitrogen and oxygen atoms in total. The predicted molar refractivity (Wildman–Crippen MR) is 79.2 cm³/mol. The van der Waals surface area contributed by atoms with Crippen molar-refractivity contribution in [2.24, 2.45) is 5.84 Å². The lowest BCUT2D eigenvalue weighted by atomic mass is 10.3. The molecule has 0 saturated carbocycles. The molecular weight excluding hydrogens is 305 g/mol. The number of pyridine rings is 1. The maximum atomic E-state index is 6.11. The number of halogens is 2. The van der Waals surface area contributed by atoms with Crippen LogP contribution in [0.15, 0.2) is 40.3 Å². The first-order valence-electron chi connectivity index (χ1n) is 5.28. The van der Waals surface area contributed by atoms with Crippen LogP contribution in [0.1, 0.15) is 0 Å². The molecule has 0 bridgehead atoms. The van der Waals surface area contributed by atoms with E-state index in [1.165, 1.54) is 11.8 Å². The minimum Gasteiger partial charge on any atom is -0.497 e. The highest BCUT2D eigenvalue weighted by Crippen LogP contribution is 2.36. The van der Waals surface area contributed by atoms with E-state index in [0.717, 1.165) is 10.6 Å². The van der Waals surface area contributed by atoms with Crippen LogP contribution < -0.4 is 16.0 Å². The van der Waals surface area contributed by atoms with Gasteiger partial charge in [-0.1, -0.05) is 41.0 Å². The van der Waals surface area contributed by atoms with Gasteiger partial charge in [-0.3, -0.25) is 0 Å². The van der Waals surface area contributed by atoms with Crippen LogP contribution in [0.2, 0.25) is 10.0 Å². The van der Waals surface area contributed by atoms with Crippen molar-refractivity contribution in [3.63, 3.8) is 0 Å². The molecule has 1 aromatic heterocycles. The molecule has 0 radical (unpaired) electrons. The number of benzene rings is 1. The molecule has 0 spiro atoms. The molecule has 19 heavy (non-hydrogen) atoms. The Balaban J connectivity index is 2.32. The number of hydrazine groups is 1. The first kappa shape index (κ1) is 14.3. The molecule has 0 aliphatic heterocycles. The summed E-state index contributed by atoms with van der Waals surface area (Å²) in [5.41, 5.74) is 2.43. The van der Waals surface area contributed by atoms with Gasteiger partial charge < -0.3 is 10.2 Å². The standard InChI is InChI=1S/C12H11Cl2N3OS/c1-18-7-3-2-4-8(5-7)19-12-10(14)6-9(13)11(16-12)17-15/h2-6H,15H2,1H3,(H,16,17). The molecule has 0 fully saturated rings. The Kier molecular flexibility index (Phi) is 4.76. The highest BCUT2D eigenvalue weighted by atomic mass is 35.5. The van der Waals surface area contributed by atoms with E-state index in [4.69, 9.17) is 33.8 Å². The quantitative estimate of drug-likeness (QED) is 0.663. The summed E-state index contributed by atoms with van der Waals surface area (Å²) in [5.74, 6) is 6.50. The largest absolute Gasteiger partial charge is 0.497 e. The van der Waals surface area contributed by atoms with Crippen molar-refractivity contribution in [2.45, 2.75) is 9.92 Å². The van der Waals surface area contributed by atoms with Crippen LogP contribution in [0, 0.1) is 0 Å². The fraction of sp³-hybridized carbons (Fsp3) is 0.0833. The Morgan fingerprint density at radius 1 is 1.26 bits per heavy atom. The van der Waals surface area contributed by atoms with Gasteiger partial charge in [0.05, 0.1) is 17.2 Å². The summed E-state index contributed by atoms with van der Waals surface area (Å²) in [6, 6.07) is 9.21. The molecular formula is C12H11Cl2N3OS. The van der Waals surface area contributed by atoms with Crippen molar-refractivity contribution in [1.29, 1.82) is 0 Å². The van der Waals surface area contributed by atoms with Gasteiger partial charge in [0.2, 0.25) is 0 Å². The summed E-state index contributed by atoms with van der Waals surface area (Å²) in [7, 11) is 1.62. The average Bonchev–Trinajstić information content (AvgIpc) is 2.42. The summed E-state index contributed by atoms with van der Waals surface area (Å²) >= 11 is 13.5. The average molecular weight is 316 g/mol. The number of hydrogen-bond acceptors (Lipinski definition) is 5. The first-order chi connectivity index (χ1) is 9.13. The number of ether oxygens (including phenoxy) is 1. The zero-order chi connectivity index (χ0) is 13.8. The molecule has 0 atom stereocenters. The van der Waals surface area contributed by atoms with E-state index in [2.05, 4.69) is 10.4 Å². The highest BCUT2D eigenvalue weighted by Gasteiger charge is 2.10. The van der Waals surface area contributed by atoms with Gasteiger partial charge in [0.25, 0.3) is 0 Å². The normalized spacial score (nSPS) is 10.3. The van der Waals surface area contributed by atoms with Crippen molar-refractivity contribution < 1.29 is 4.74 Å². The van der Waals surface area contributed by atoms with Gasteiger partial charge in [-0.15, -0.1) is 0 Å². The smallest absolute Gasteiger partial charge is 0.160 e. The number of rotatable bonds is 4. The molecule has 2 rings (SSSR count). The van der Waals surface area contributed by atoms with Crippen LogP contribution in [-0.4, -0.2) is 12.1 Å². The number of anilines is 1. The second-order valence-electron chi connectivity index (χ2n) is 3.53. The third-order valence-corrected chi connectivity index (χ3v) is 3.97.